The summed E-state index contributed by atoms with van der Waals surface area (Å²) < 4.78 is 13.2. The van der Waals surface area contributed by atoms with E-state index in [1.807, 2.05) is 21.7 Å². The monoisotopic (exact) mass is 275 g/mol. The normalized spacial score (nSPS) is 14.4. The molecule has 1 heterocycles. The van der Waals surface area contributed by atoms with Gasteiger partial charge in [-0.05, 0) is 53.4 Å². The van der Waals surface area contributed by atoms with Crippen LogP contribution < -0.4 is 0 Å². The largest absolute Gasteiger partial charge is 0.331 e. The van der Waals surface area contributed by atoms with E-state index in [-0.39, 0.29) is 11.7 Å². The maximum Gasteiger partial charge on any atom is 0.254 e. The number of thiophene rings is 1. The van der Waals surface area contributed by atoms with Gasteiger partial charge < -0.3 is 4.90 Å². The molecular formula is C15H14FNOS. The average molecular weight is 275 g/mol. The maximum atomic E-state index is 13.2. The zero-order valence-electron chi connectivity index (χ0n) is 10.4. The van der Waals surface area contributed by atoms with Crippen LogP contribution in [-0.4, -0.2) is 16.8 Å². The van der Waals surface area contributed by atoms with Crippen LogP contribution in [0.3, 0.4) is 0 Å². The summed E-state index contributed by atoms with van der Waals surface area (Å²) in [6, 6.07) is 8.27. The summed E-state index contributed by atoms with van der Waals surface area (Å²) in [6.07, 6.45) is 2.09. The van der Waals surface area contributed by atoms with Gasteiger partial charge in [0.15, 0.2) is 0 Å². The highest BCUT2D eigenvalue weighted by Gasteiger charge is 2.33. The summed E-state index contributed by atoms with van der Waals surface area (Å²) in [5, 5.41) is 4.06. The molecule has 2 nitrogen and oxygen atoms in total. The van der Waals surface area contributed by atoms with Crippen molar-refractivity contribution in [2.45, 2.75) is 25.4 Å². The molecule has 0 radical (unpaired) electrons. The smallest absolute Gasteiger partial charge is 0.254 e. The molecule has 1 amide bonds. The lowest BCUT2D eigenvalue weighted by Crippen LogP contribution is -2.32. The van der Waals surface area contributed by atoms with Crippen LogP contribution in [0.5, 0.6) is 0 Å². The number of carbonyl (C=O) groups excluding carboxylic acids is 1. The van der Waals surface area contributed by atoms with E-state index in [9.17, 15) is 9.18 Å². The van der Waals surface area contributed by atoms with Gasteiger partial charge in [-0.3, -0.25) is 4.79 Å². The Bertz CT molecular complexity index is 578. The highest BCUT2D eigenvalue weighted by atomic mass is 32.1. The Balaban J connectivity index is 1.82. The Morgan fingerprint density at radius 3 is 2.84 bits per heavy atom. The summed E-state index contributed by atoms with van der Waals surface area (Å²) >= 11 is 1.63. The number of rotatable bonds is 4. The molecule has 0 N–H and O–H groups in total. The molecular weight excluding hydrogens is 261 g/mol. The van der Waals surface area contributed by atoms with Gasteiger partial charge in [0, 0.05) is 18.2 Å². The first-order valence-corrected chi connectivity index (χ1v) is 7.26. The van der Waals surface area contributed by atoms with Gasteiger partial charge in [0.25, 0.3) is 5.91 Å². The number of nitrogens with zero attached hydrogens (tertiary/aromatic N) is 1. The molecule has 0 spiro atoms. The quantitative estimate of drug-likeness (QED) is 0.833. The van der Waals surface area contributed by atoms with E-state index in [0.29, 0.717) is 18.2 Å². The SMILES string of the molecule is O=C(c1cccc(F)c1)N(Cc1ccsc1)C1CC1. The molecule has 0 bridgehead atoms. The Hall–Kier alpha value is -1.68. The lowest BCUT2D eigenvalue weighted by atomic mass is 10.1. The van der Waals surface area contributed by atoms with E-state index in [4.69, 9.17) is 0 Å². The second kappa shape index (κ2) is 5.13. The molecule has 1 saturated carbocycles. The average Bonchev–Trinajstić information content (AvgIpc) is 3.12. The number of halogens is 1. The van der Waals surface area contributed by atoms with Crippen molar-refractivity contribution in [2.24, 2.45) is 0 Å². The van der Waals surface area contributed by atoms with Gasteiger partial charge >= 0.3 is 0 Å². The first kappa shape index (κ1) is 12.4. The van der Waals surface area contributed by atoms with E-state index < -0.39 is 0 Å². The third-order valence-electron chi connectivity index (χ3n) is 3.25. The van der Waals surface area contributed by atoms with Crippen LogP contribution in [0, 0.1) is 5.82 Å². The van der Waals surface area contributed by atoms with Crippen LogP contribution in [0.4, 0.5) is 4.39 Å². The van der Waals surface area contributed by atoms with Gasteiger partial charge in [0.2, 0.25) is 0 Å². The van der Waals surface area contributed by atoms with Crippen molar-refractivity contribution < 1.29 is 9.18 Å². The molecule has 1 aliphatic rings. The summed E-state index contributed by atoms with van der Waals surface area (Å²) in [4.78, 5) is 14.3. The first-order valence-electron chi connectivity index (χ1n) is 6.31. The Morgan fingerprint density at radius 2 is 2.21 bits per heavy atom. The van der Waals surface area contributed by atoms with Crippen LogP contribution >= 0.6 is 11.3 Å². The Labute approximate surface area is 115 Å². The second-order valence-electron chi connectivity index (χ2n) is 4.81. The van der Waals surface area contributed by atoms with Gasteiger partial charge in [-0.1, -0.05) is 6.07 Å². The molecule has 98 valence electrons. The number of hydrogen-bond acceptors (Lipinski definition) is 2. The molecule has 2 aromatic rings. The van der Waals surface area contributed by atoms with Crippen molar-refractivity contribution in [1.82, 2.24) is 4.90 Å². The molecule has 4 heteroatoms. The van der Waals surface area contributed by atoms with Crippen LogP contribution in [0.2, 0.25) is 0 Å². The molecule has 1 fully saturated rings. The summed E-state index contributed by atoms with van der Waals surface area (Å²) in [5.41, 5.74) is 1.57. The Kier molecular flexibility index (Phi) is 3.34. The fourth-order valence-corrected chi connectivity index (χ4v) is 2.78. The maximum absolute atomic E-state index is 13.2. The van der Waals surface area contributed by atoms with Crippen molar-refractivity contribution in [3.8, 4) is 0 Å². The topological polar surface area (TPSA) is 20.3 Å². The van der Waals surface area contributed by atoms with Gasteiger partial charge in [0.05, 0.1) is 0 Å². The standard InChI is InChI=1S/C15H14FNOS/c16-13-3-1-2-12(8-13)15(18)17(14-4-5-14)9-11-6-7-19-10-11/h1-3,6-8,10,14H,4-5,9H2. The minimum absolute atomic E-state index is 0.0757. The number of benzene rings is 1. The van der Waals surface area contributed by atoms with Gasteiger partial charge in [-0.25, -0.2) is 4.39 Å². The lowest BCUT2D eigenvalue weighted by Gasteiger charge is -2.22. The molecule has 0 aliphatic heterocycles. The summed E-state index contributed by atoms with van der Waals surface area (Å²) in [5.74, 6) is -0.440. The van der Waals surface area contributed by atoms with Crippen molar-refractivity contribution >= 4 is 17.2 Å². The minimum atomic E-state index is -0.364. The van der Waals surface area contributed by atoms with E-state index in [0.717, 1.165) is 18.4 Å². The van der Waals surface area contributed by atoms with E-state index >= 15 is 0 Å². The fraction of sp³-hybridized carbons (Fsp3) is 0.267. The highest BCUT2D eigenvalue weighted by molar-refractivity contribution is 7.07. The lowest BCUT2D eigenvalue weighted by molar-refractivity contribution is 0.0729. The van der Waals surface area contributed by atoms with Crippen LogP contribution in [-0.2, 0) is 6.54 Å². The molecule has 1 aromatic heterocycles. The van der Waals surface area contributed by atoms with E-state index in [1.165, 1.54) is 12.1 Å². The summed E-state index contributed by atoms with van der Waals surface area (Å²) in [6.45, 7) is 0.615. The van der Waals surface area contributed by atoms with Gasteiger partial charge in [-0.2, -0.15) is 11.3 Å². The van der Waals surface area contributed by atoms with Crippen LogP contribution in [0.25, 0.3) is 0 Å². The molecule has 19 heavy (non-hydrogen) atoms. The molecule has 1 aromatic carbocycles. The van der Waals surface area contributed by atoms with Crippen molar-refractivity contribution in [1.29, 1.82) is 0 Å². The molecule has 0 saturated heterocycles. The van der Waals surface area contributed by atoms with Crippen molar-refractivity contribution in [3.63, 3.8) is 0 Å². The second-order valence-corrected chi connectivity index (χ2v) is 5.59. The summed E-state index contributed by atoms with van der Waals surface area (Å²) in [7, 11) is 0. The molecule has 1 aliphatic carbocycles. The van der Waals surface area contributed by atoms with Gasteiger partial charge in [0.1, 0.15) is 5.82 Å². The zero-order chi connectivity index (χ0) is 13.2. The highest BCUT2D eigenvalue weighted by Crippen LogP contribution is 2.30. The number of hydrogen-bond donors (Lipinski definition) is 0. The minimum Gasteiger partial charge on any atom is -0.331 e. The van der Waals surface area contributed by atoms with Crippen molar-refractivity contribution in [2.75, 3.05) is 0 Å². The molecule has 0 unspecified atom stereocenters. The van der Waals surface area contributed by atoms with Crippen LogP contribution in [0.1, 0.15) is 28.8 Å². The van der Waals surface area contributed by atoms with E-state index in [1.54, 1.807) is 23.5 Å². The fourth-order valence-electron chi connectivity index (χ4n) is 2.12. The predicted octanol–water partition coefficient (Wildman–Crippen LogP) is 3.69. The first-order chi connectivity index (χ1) is 9.24. The number of amides is 1. The Morgan fingerprint density at radius 1 is 1.37 bits per heavy atom. The van der Waals surface area contributed by atoms with Crippen molar-refractivity contribution in [3.05, 3.63) is 58.0 Å². The molecule has 3 rings (SSSR count). The third kappa shape index (κ3) is 2.84. The van der Waals surface area contributed by atoms with Crippen LogP contribution in [0.15, 0.2) is 41.1 Å². The number of carbonyl (C=O) groups is 1. The predicted molar refractivity (Wildman–Crippen MR) is 73.6 cm³/mol. The third-order valence-corrected chi connectivity index (χ3v) is 3.99. The van der Waals surface area contributed by atoms with E-state index in [2.05, 4.69) is 0 Å². The zero-order valence-corrected chi connectivity index (χ0v) is 11.2. The van der Waals surface area contributed by atoms with Gasteiger partial charge in [-0.15, -0.1) is 0 Å². The molecule has 0 atom stereocenters.